The van der Waals surface area contributed by atoms with E-state index in [0.29, 0.717) is 19.4 Å². The minimum Gasteiger partial charge on any atom is -0.491 e. The molecule has 6 heteroatoms. The highest BCUT2D eigenvalue weighted by Gasteiger charge is 2.43. The van der Waals surface area contributed by atoms with Crippen molar-refractivity contribution >= 4 is 12.0 Å². The number of alkyl carbamates (subject to hydrolysis) is 1. The maximum absolute atomic E-state index is 12.9. The van der Waals surface area contributed by atoms with Crippen LogP contribution in [0, 0.1) is 0 Å². The molecule has 27 heavy (non-hydrogen) atoms. The Bertz CT molecular complexity index is 658. The van der Waals surface area contributed by atoms with Crippen LogP contribution in [0.3, 0.4) is 0 Å². The quantitative estimate of drug-likeness (QED) is 0.789. The molecule has 0 unspecified atom stereocenters. The van der Waals surface area contributed by atoms with Crippen LogP contribution in [0.25, 0.3) is 0 Å². The highest BCUT2D eigenvalue weighted by Crippen LogP contribution is 2.30. The van der Waals surface area contributed by atoms with Crippen LogP contribution < -0.4 is 15.4 Å². The Kier molecular flexibility index (Phi) is 6.73. The standard InChI is InChI=1S/C21H32N2O4/c1-15(2)26-17-10-8-9-16(13-17)14-22-18(24)21(11-6-7-12-21)23-19(25)27-20(3,4)5/h8-10,13,15H,6-7,11-12,14H2,1-5H3,(H,22,24)(H,23,25). The molecule has 2 N–H and O–H groups in total. The summed E-state index contributed by atoms with van der Waals surface area (Å²) in [5.41, 5.74) is -0.544. The van der Waals surface area contributed by atoms with Gasteiger partial charge in [0.2, 0.25) is 5.91 Å². The lowest BCUT2D eigenvalue weighted by molar-refractivity contribution is -0.127. The molecule has 0 atom stereocenters. The normalized spacial score (nSPS) is 16.1. The minimum absolute atomic E-state index is 0.0922. The molecular formula is C21H32N2O4. The summed E-state index contributed by atoms with van der Waals surface area (Å²) in [5, 5.41) is 5.79. The summed E-state index contributed by atoms with van der Waals surface area (Å²) in [4.78, 5) is 25.1. The molecule has 1 aliphatic carbocycles. The van der Waals surface area contributed by atoms with Crippen LogP contribution in [0.2, 0.25) is 0 Å². The molecule has 1 aromatic carbocycles. The lowest BCUT2D eigenvalue weighted by atomic mass is 9.96. The van der Waals surface area contributed by atoms with Crippen molar-refractivity contribution in [3.8, 4) is 5.75 Å². The van der Waals surface area contributed by atoms with Crippen LogP contribution in [0.4, 0.5) is 4.79 Å². The van der Waals surface area contributed by atoms with E-state index in [0.717, 1.165) is 24.2 Å². The van der Waals surface area contributed by atoms with Crippen molar-refractivity contribution < 1.29 is 19.1 Å². The number of hydrogen-bond acceptors (Lipinski definition) is 4. The van der Waals surface area contributed by atoms with Crippen molar-refractivity contribution in [3.63, 3.8) is 0 Å². The first-order valence-corrected chi connectivity index (χ1v) is 9.65. The highest BCUT2D eigenvalue weighted by atomic mass is 16.6. The van der Waals surface area contributed by atoms with Crippen molar-refractivity contribution in [2.75, 3.05) is 0 Å². The Morgan fingerprint density at radius 1 is 1.19 bits per heavy atom. The van der Waals surface area contributed by atoms with Crippen LogP contribution in [-0.4, -0.2) is 29.2 Å². The Morgan fingerprint density at radius 2 is 1.85 bits per heavy atom. The van der Waals surface area contributed by atoms with E-state index in [2.05, 4.69) is 10.6 Å². The fourth-order valence-electron chi connectivity index (χ4n) is 3.24. The lowest BCUT2D eigenvalue weighted by Gasteiger charge is -2.30. The van der Waals surface area contributed by atoms with Crippen molar-refractivity contribution in [2.45, 2.75) is 84.1 Å². The molecule has 0 saturated heterocycles. The van der Waals surface area contributed by atoms with Crippen LogP contribution >= 0.6 is 0 Å². The molecule has 0 radical (unpaired) electrons. The zero-order chi connectivity index (χ0) is 20.1. The molecule has 0 aliphatic heterocycles. The van der Waals surface area contributed by atoms with Gasteiger partial charge in [-0.3, -0.25) is 4.79 Å². The van der Waals surface area contributed by atoms with E-state index in [-0.39, 0.29) is 12.0 Å². The smallest absolute Gasteiger partial charge is 0.408 e. The number of rotatable bonds is 6. The van der Waals surface area contributed by atoms with Crippen molar-refractivity contribution in [3.05, 3.63) is 29.8 Å². The van der Waals surface area contributed by atoms with Crippen molar-refractivity contribution in [1.82, 2.24) is 10.6 Å². The average Bonchev–Trinajstić information content (AvgIpc) is 3.00. The number of ether oxygens (including phenoxy) is 2. The molecule has 150 valence electrons. The topological polar surface area (TPSA) is 76.7 Å². The maximum atomic E-state index is 12.9. The third-order valence-corrected chi connectivity index (χ3v) is 4.36. The molecule has 0 heterocycles. The SMILES string of the molecule is CC(C)Oc1cccc(CNC(=O)C2(NC(=O)OC(C)(C)C)CCCC2)c1. The molecule has 0 aromatic heterocycles. The Balaban J connectivity index is 2.00. The van der Waals surface area contributed by atoms with Gasteiger partial charge in [-0.25, -0.2) is 4.79 Å². The monoisotopic (exact) mass is 376 g/mol. The van der Waals surface area contributed by atoms with E-state index in [1.54, 1.807) is 20.8 Å². The largest absolute Gasteiger partial charge is 0.491 e. The fourth-order valence-corrected chi connectivity index (χ4v) is 3.24. The Hall–Kier alpha value is -2.24. The number of hydrogen-bond donors (Lipinski definition) is 2. The lowest BCUT2D eigenvalue weighted by Crippen LogP contribution is -2.57. The molecule has 0 spiro atoms. The van der Waals surface area contributed by atoms with Gasteiger partial charge in [0.1, 0.15) is 16.9 Å². The highest BCUT2D eigenvalue weighted by molar-refractivity contribution is 5.90. The van der Waals surface area contributed by atoms with E-state index in [4.69, 9.17) is 9.47 Å². The van der Waals surface area contributed by atoms with Gasteiger partial charge >= 0.3 is 6.09 Å². The summed E-state index contributed by atoms with van der Waals surface area (Å²) in [6, 6.07) is 7.66. The van der Waals surface area contributed by atoms with Gasteiger partial charge in [0.15, 0.2) is 0 Å². The Morgan fingerprint density at radius 3 is 2.44 bits per heavy atom. The van der Waals surface area contributed by atoms with Gasteiger partial charge in [-0.15, -0.1) is 0 Å². The van der Waals surface area contributed by atoms with Gasteiger partial charge in [-0.2, -0.15) is 0 Å². The van der Waals surface area contributed by atoms with E-state index in [1.807, 2.05) is 38.1 Å². The molecular weight excluding hydrogens is 344 g/mol. The number of carbonyl (C=O) groups is 2. The molecule has 6 nitrogen and oxygen atoms in total. The number of benzene rings is 1. The predicted molar refractivity (Wildman–Crippen MR) is 105 cm³/mol. The van der Waals surface area contributed by atoms with Crippen LogP contribution in [0.5, 0.6) is 5.75 Å². The fraction of sp³-hybridized carbons (Fsp3) is 0.619. The van der Waals surface area contributed by atoms with Gasteiger partial charge in [0.25, 0.3) is 0 Å². The zero-order valence-electron chi connectivity index (χ0n) is 17.1. The molecule has 1 aromatic rings. The zero-order valence-corrected chi connectivity index (χ0v) is 17.1. The van der Waals surface area contributed by atoms with Crippen molar-refractivity contribution in [1.29, 1.82) is 0 Å². The van der Waals surface area contributed by atoms with Gasteiger partial charge in [-0.1, -0.05) is 25.0 Å². The minimum atomic E-state index is -0.894. The number of amides is 2. The molecule has 0 bridgehead atoms. The summed E-state index contributed by atoms with van der Waals surface area (Å²) in [6.07, 6.45) is 2.59. The number of carbonyl (C=O) groups excluding carboxylic acids is 2. The second kappa shape index (κ2) is 8.63. The van der Waals surface area contributed by atoms with Crippen molar-refractivity contribution in [2.24, 2.45) is 0 Å². The second-order valence-electron chi connectivity index (χ2n) is 8.41. The summed E-state index contributed by atoms with van der Waals surface area (Å²) < 4.78 is 11.0. The molecule has 2 rings (SSSR count). The third kappa shape index (κ3) is 6.45. The van der Waals surface area contributed by atoms with Gasteiger partial charge in [-0.05, 0) is 65.2 Å². The summed E-state index contributed by atoms with van der Waals surface area (Å²) in [7, 11) is 0. The third-order valence-electron chi connectivity index (χ3n) is 4.36. The van der Waals surface area contributed by atoms with E-state index >= 15 is 0 Å². The van der Waals surface area contributed by atoms with Crippen LogP contribution in [-0.2, 0) is 16.1 Å². The van der Waals surface area contributed by atoms with E-state index in [1.165, 1.54) is 0 Å². The first kappa shape index (κ1) is 21.1. The first-order valence-electron chi connectivity index (χ1n) is 9.65. The number of nitrogens with one attached hydrogen (secondary N) is 2. The maximum Gasteiger partial charge on any atom is 0.408 e. The van der Waals surface area contributed by atoms with Crippen LogP contribution in [0.15, 0.2) is 24.3 Å². The van der Waals surface area contributed by atoms with E-state index < -0.39 is 17.2 Å². The van der Waals surface area contributed by atoms with Gasteiger partial charge in [0, 0.05) is 6.54 Å². The summed E-state index contributed by atoms with van der Waals surface area (Å²) in [6.45, 7) is 9.74. The average molecular weight is 376 g/mol. The molecule has 1 fully saturated rings. The van der Waals surface area contributed by atoms with Gasteiger partial charge < -0.3 is 20.1 Å². The molecule has 1 aliphatic rings. The van der Waals surface area contributed by atoms with E-state index in [9.17, 15) is 9.59 Å². The Labute approximate surface area is 162 Å². The predicted octanol–water partition coefficient (Wildman–Crippen LogP) is 3.93. The summed E-state index contributed by atoms with van der Waals surface area (Å²) in [5.74, 6) is 0.611. The summed E-state index contributed by atoms with van der Waals surface area (Å²) >= 11 is 0. The first-order chi connectivity index (χ1) is 12.6. The molecule has 2 amide bonds. The molecule has 1 saturated carbocycles. The second-order valence-corrected chi connectivity index (χ2v) is 8.41. The van der Waals surface area contributed by atoms with Gasteiger partial charge in [0.05, 0.1) is 6.10 Å². The van der Waals surface area contributed by atoms with Crippen LogP contribution in [0.1, 0.15) is 65.9 Å².